The van der Waals surface area contributed by atoms with Gasteiger partial charge in [-0.3, -0.25) is 9.78 Å². The molecule has 1 fully saturated rings. The fourth-order valence-corrected chi connectivity index (χ4v) is 3.79. The van der Waals surface area contributed by atoms with Crippen molar-refractivity contribution in [2.75, 3.05) is 11.9 Å². The number of nitrogens with zero attached hydrogens (tertiary/aromatic N) is 2. The summed E-state index contributed by atoms with van der Waals surface area (Å²) >= 11 is 1.47. The van der Waals surface area contributed by atoms with E-state index in [1.807, 2.05) is 24.4 Å². The topological polar surface area (TPSA) is 75.1 Å². The van der Waals surface area contributed by atoms with Gasteiger partial charge >= 0.3 is 0 Å². The van der Waals surface area contributed by atoms with Crippen LogP contribution in [0.2, 0.25) is 0 Å². The number of amides is 1. The number of aliphatic hydroxyl groups excluding tert-OH is 1. The second kappa shape index (κ2) is 5.96. The maximum atomic E-state index is 12.1. The number of aromatic nitrogens is 2. The SMILES string of the molecule is Cc1ccncc1-c1ccc2nc(NC(=O)[C@H]3CC3CO)sc2c1. The highest BCUT2D eigenvalue weighted by Gasteiger charge is 2.42. The van der Waals surface area contributed by atoms with Crippen LogP contribution in [0.4, 0.5) is 5.13 Å². The summed E-state index contributed by atoms with van der Waals surface area (Å²) in [6.45, 7) is 2.14. The Morgan fingerprint density at radius 2 is 2.29 bits per heavy atom. The molecule has 0 bridgehead atoms. The largest absolute Gasteiger partial charge is 0.396 e. The fourth-order valence-electron chi connectivity index (χ4n) is 2.88. The third-order valence-corrected chi connectivity index (χ3v) is 5.40. The van der Waals surface area contributed by atoms with Crippen LogP contribution in [-0.2, 0) is 4.79 Å². The number of pyridine rings is 1. The van der Waals surface area contributed by atoms with Gasteiger partial charge in [-0.15, -0.1) is 0 Å². The van der Waals surface area contributed by atoms with Crippen LogP contribution in [0.15, 0.2) is 36.7 Å². The van der Waals surface area contributed by atoms with Crippen LogP contribution in [0.25, 0.3) is 21.3 Å². The number of anilines is 1. The normalized spacial score (nSPS) is 19.4. The lowest BCUT2D eigenvalue weighted by Gasteiger charge is -2.04. The zero-order valence-electron chi connectivity index (χ0n) is 13.2. The maximum Gasteiger partial charge on any atom is 0.229 e. The summed E-state index contributed by atoms with van der Waals surface area (Å²) in [6, 6.07) is 8.07. The maximum absolute atomic E-state index is 12.1. The molecule has 2 heterocycles. The Morgan fingerprint density at radius 1 is 1.42 bits per heavy atom. The zero-order valence-corrected chi connectivity index (χ0v) is 14.0. The molecule has 122 valence electrons. The number of hydrogen-bond acceptors (Lipinski definition) is 5. The molecule has 2 N–H and O–H groups in total. The lowest BCUT2D eigenvalue weighted by atomic mass is 10.0. The second-order valence-electron chi connectivity index (χ2n) is 6.17. The van der Waals surface area contributed by atoms with Crippen LogP contribution in [0.1, 0.15) is 12.0 Å². The van der Waals surface area contributed by atoms with E-state index in [-0.39, 0.29) is 24.3 Å². The van der Waals surface area contributed by atoms with E-state index in [1.165, 1.54) is 16.9 Å². The van der Waals surface area contributed by atoms with Crippen molar-refractivity contribution < 1.29 is 9.90 Å². The predicted molar refractivity (Wildman–Crippen MR) is 94.9 cm³/mol. The Morgan fingerprint density at radius 3 is 3.04 bits per heavy atom. The molecule has 5 nitrogen and oxygen atoms in total. The third kappa shape index (κ3) is 2.79. The van der Waals surface area contributed by atoms with E-state index in [4.69, 9.17) is 5.11 Å². The highest BCUT2D eigenvalue weighted by atomic mass is 32.1. The molecule has 0 spiro atoms. The van der Waals surface area contributed by atoms with Crippen molar-refractivity contribution in [2.24, 2.45) is 11.8 Å². The number of aryl methyl sites for hydroxylation is 1. The van der Waals surface area contributed by atoms with Gasteiger partial charge in [0.15, 0.2) is 5.13 Å². The van der Waals surface area contributed by atoms with E-state index < -0.39 is 0 Å². The zero-order chi connectivity index (χ0) is 16.7. The summed E-state index contributed by atoms with van der Waals surface area (Å²) in [7, 11) is 0. The molecule has 1 aliphatic rings. The molecule has 1 amide bonds. The molecule has 1 saturated carbocycles. The van der Waals surface area contributed by atoms with E-state index in [2.05, 4.69) is 28.3 Å². The van der Waals surface area contributed by atoms with Gasteiger partial charge < -0.3 is 10.4 Å². The number of aliphatic hydroxyl groups is 1. The van der Waals surface area contributed by atoms with Gasteiger partial charge in [0.25, 0.3) is 0 Å². The van der Waals surface area contributed by atoms with Gasteiger partial charge in [0.05, 0.1) is 10.2 Å². The number of carbonyl (C=O) groups excluding carboxylic acids is 1. The number of carbonyl (C=O) groups is 1. The molecule has 0 saturated heterocycles. The van der Waals surface area contributed by atoms with Crippen molar-refractivity contribution in [3.05, 3.63) is 42.2 Å². The molecule has 0 radical (unpaired) electrons. The predicted octanol–water partition coefficient (Wildman–Crippen LogP) is 3.23. The van der Waals surface area contributed by atoms with Gasteiger partial charge in [0.1, 0.15) is 0 Å². The Labute approximate surface area is 143 Å². The third-order valence-electron chi connectivity index (χ3n) is 4.46. The monoisotopic (exact) mass is 339 g/mol. The first-order chi connectivity index (χ1) is 11.7. The summed E-state index contributed by atoms with van der Waals surface area (Å²) < 4.78 is 1.03. The quantitative estimate of drug-likeness (QED) is 0.765. The van der Waals surface area contributed by atoms with Crippen molar-refractivity contribution in [3.8, 4) is 11.1 Å². The average Bonchev–Trinajstić information content (AvgIpc) is 3.27. The van der Waals surface area contributed by atoms with Gasteiger partial charge in [0.2, 0.25) is 5.91 Å². The van der Waals surface area contributed by atoms with Gasteiger partial charge in [-0.1, -0.05) is 17.4 Å². The van der Waals surface area contributed by atoms with Crippen molar-refractivity contribution in [1.29, 1.82) is 0 Å². The molecule has 2 aromatic heterocycles. The lowest BCUT2D eigenvalue weighted by Crippen LogP contribution is -2.15. The minimum absolute atomic E-state index is 0.0450. The molecule has 4 rings (SSSR count). The lowest BCUT2D eigenvalue weighted by molar-refractivity contribution is -0.117. The first-order valence-corrected chi connectivity index (χ1v) is 8.70. The molecule has 24 heavy (non-hydrogen) atoms. The van der Waals surface area contributed by atoms with Crippen LogP contribution in [0.5, 0.6) is 0 Å². The highest BCUT2D eigenvalue weighted by molar-refractivity contribution is 7.22. The molecular formula is C18H17N3O2S. The van der Waals surface area contributed by atoms with Crippen LogP contribution in [0, 0.1) is 18.8 Å². The Kier molecular flexibility index (Phi) is 3.78. The minimum atomic E-state index is -0.0735. The molecule has 6 heteroatoms. The minimum Gasteiger partial charge on any atom is -0.396 e. The van der Waals surface area contributed by atoms with Crippen LogP contribution in [0.3, 0.4) is 0 Å². The van der Waals surface area contributed by atoms with Gasteiger partial charge in [-0.25, -0.2) is 4.98 Å². The van der Waals surface area contributed by atoms with Crippen molar-refractivity contribution >= 4 is 32.6 Å². The summed E-state index contributed by atoms with van der Waals surface area (Å²) in [6.07, 6.45) is 4.41. The van der Waals surface area contributed by atoms with Gasteiger partial charge in [-0.2, -0.15) is 0 Å². The van der Waals surface area contributed by atoms with E-state index in [9.17, 15) is 4.79 Å². The number of nitrogens with one attached hydrogen (secondary N) is 1. The summed E-state index contributed by atoms with van der Waals surface area (Å²) in [5.74, 6) is -0.00779. The number of fused-ring (bicyclic) bond motifs is 1. The van der Waals surface area contributed by atoms with Gasteiger partial charge in [0, 0.05) is 30.5 Å². The summed E-state index contributed by atoms with van der Waals surface area (Å²) in [5, 5.41) is 12.6. The highest BCUT2D eigenvalue weighted by Crippen LogP contribution is 2.39. The number of rotatable bonds is 4. The van der Waals surface area contributed by atoms with E-state index in [1.54, 1.807) is 6.20 Å². The molecular weight excluding hydrogens is 322 g/mol. The van der Waals surface area contributed by atoms with Crippen molar-refractivity contribution in [3.63, 3.8) is 0 Å². The Balaban J connectivity index is 1.60. The van der Waals surface area contributed by atoms with E-state index in [0.29, 0.717) is 5.13 Å². The van der Waals surface area contributed by atoms with Crippen molar-refractivity contribution in [2.45, 2.75) is 13.3 Å². The first-order valence-electron chi connectivity index (χ1n) is 7.89. The average molecular weight is 339 g/mol. The summed E-state index contributed by atoms with van der Waals surface area (Å²) in [4.78, 5) is 20.8. The molecule has 0 aliphatic heterocycles. The molecule has 1 aromatic carbocycles. The Bertz CT molecular complexity index is 922. The molecule has 3 aromatic rings. The van der Waals surface area contributed by atoms with Crippen LogP contribution < -0.4 is 5.32 Å². The number of hydrogen-bond donors (Lipinski definition) is 2. The second-order valence-corrected chi connectivity index (χ2v) is 7.20. The summed E-state index contributed by atoms with van der Waals surface area (Å²) in [5.41, 5.74) is 4.24. The van der Waals surface area contributed by atoms with E-state index >= 15 is 0 Å². The standard InChI is InChI=1S/C18H17N3O2S/c1-10-4-5-19-8-14(10)11-2-3-15-16(7-11)24-18(20-15)21-17(23)13-6-12(13)9-22/h2-5,7-8,12-13,22H,6,9H2,1H3,(H,20,21,23)/t12?,13-/m0/s1. The van der Waals surface area contributed by atoms with Crippen LogP contribution >= 0.6 is 11.3 Å². The van der Waals surface area contributed by atoms with Gasteiger partial charge in [-0.05, 0) is 48.6 Å². The molecule has 2 atom stereocenters. The van der Waals surface area contributed by atoms with Crippen LogP contribution in [-0.4, -0.2) is 27.6 Å². The number of benzene rings is 1. The number of thiazole rings is 1. The smallest absolute Gasteiger partial charge is 0.229 e. The first kappa shape index (κ1) is 15.2. The Hall–Kier alpha value is -2.31. The van der Waals surface area contributed by atoms with Crippen molar-refractivity contribution in [1.82, 2.24) is 9.97 Å². The molecule has 1 unspecified atom stereocenters. The van der Waals surface area contributed by atoms with E-state index in [0.717, 1.165) is 27.8 Å². The molecule has 1 aliphatic carbocycles. The fraction of sp³-hybridized carbons (Fsp3) is 0.278.